The number of rotatable bonds is 5. The van der Waals surface area contributed by atoms with Crippen LogP contribution in [0.1, 0.15) is 30.9 Å². The van der Waals surface area contributed by atoms with E-state index in [1.807, 2.05) is 25.1 Å². The fourth-order valence-electron chi connectivity index (χ4n) is 3.06. The molecule has 1 amide bonds. The van der Waals surface area contributed by atoms with E-state index >= 15 is 0 Å². The Hall–Kier alpha value is -1.60. The Morgan fingerprint density at radius 1 is 1.35 bits per heavy atom. The molecule has 0 aromatic heterocycles. The third-order valence-corrected chi connectivity index (χ3v) is 5.82. The zero-order valence-electron chi connectivity index (χ0n) is 13.2. The van der Waals surface area contributed by atoms with E-state index in [1.54, 1.807) is 0 Å². The quantitative estimate of drug-likeness (QED) is 0.830. The van der Waals surface area contributed by atoms with Crippen molar-refractivity contribution in [1.82, 2.24) is 10.0 Å². The van der Waals surface area contributed by atoms with Crippen molar-refractivity contribution in [3.05, 3.63) is 29.3 Å². The average molecular weight is 338 g/mol. The summed E-state index contributed by atoms with van der Waals surface area (Å²) < 4.78 is 32.7. The Balaban J connectivity index is 1.57. The second-order valence-electron chi connectivity index (χ2n) is 6.23. The van der Waals surface area contributed by atoms with Crippen LogP contribution in [0.4, 0.5) is 0 Å². The van der Waals surface area contributed by atoms with Gasteiger partial charge in [0.25, 0.3) is 0 Å². The third kappa shape index (κ3) is 4.03. The van der Waals surface area contributed by atoms with Crippen LogP contribution >= 0.6 is 0 Å². The second-order valence-corrected chi connectivity index (χ2v) is 8.10. The highest BCUT2D eigenvalue weighted by molar-refractivity contribution is 7.89. The van der Waals surface area contributed by atoms with Crippen LogP contribution < -0.4 is 14.8 Å². The van der Waals surface area contributed by atoms with Gasteiger partial charge < -0.3 is 10.1 Å². The summed E-state index contributed by atoms with van der Waals surface area (Å²) in [6.45, 7) is 2.52. The van der Waals surface area contributed by atoms with Crippen LogP contribution in [-0.4, -0.2) is 38.8 Å². The van der Waals surface area contributed by atoms with E-state index in [2.05, 4.69) is 10.0 Å². The molecule has 1 saturated heterocycles. The number of hydrogen-bond donors (Lipinski definition) is 2. The van der Waals surface area contributed by atoms with Crippen LogP contribution in [0.2, 0.25) is 0 Å². The Morgan fingerprint density at radius 3 is 2.96 bits per heavy atom. The fourth-order valence-corrected chi connectivity index (χ4v) is 4.47. The zero-order valence-corrected chi connectivity index (χ0v) is 14.0. The maximum Gasteiger partial charge on any atom is 0.220 e. The van der Waals surface area contributed by atoms with Gasteiger partial charge in [0, 0.05) is 24.9 Å². The van der Waals surface area contributed by atoms with Gasteiger partial charge in [0.05, 0.1) is 12.4 Å². The van der Waals surface area contributed by atoms with Gasteiger partial charge in [-0.3, -0.25) is 4.79 Å². The first-order chi connectivity index (χ1) is 10.9. The van der Waals surface area contributed by atoms with Gasteiger partial charge in [-0.05, 0) is 37.0 Å². The molecule has 2 aliphatic rings. The minimum atomic E-state index is -3.38. The number of fused-ring (bicyclic) bond motifs is 1. The summed E-state index contributed by atoms with van der Waals surface area (Å²) >= 11 is 0. The van der Waals surface area contributed by atoms with Crippen molar-refractivity contribution in [3.8, 4) is 5.75 Å². The number of hydrogen-bond acceptors (Lipinski definition) is 4. The molecule has 7 heteroatoms. The fraction of sp³-hybridized carbons (Fsp3) is 0.562. The summed E-state index contributed by atoms with van der Waals surface area (Å²) in [5.41, 5.74) is 2.15. The minimum Gasteiger partial charge on any atom is -0.493 e. The molecule has 0 spiro atoms. The summed E-state index contributed by atoms with van der Waals surface area (Å²) in [7, 11) is -3.38. The van der Waals surface area contributed by atoms with E-state index in [-0.39, 0.29) is 23.7 Å². The molecule has 0 saturated carbocycles. The standard InChI is InChI=1S/C16H22N2O4S/c1-11-14(3-5-16(19)17-11)18-23(20,21)9-7-12-2-4-15-13(10-12)6-8-22-15/h2,4,10-11,14,18H,3,5-9H2,1H3,(H,17,19). The SMILES string of the molecule is CC1NC(=O)CCC1NS(=O)(=O)CCc1ccc2c(c1)CCO2. The van der Waals surface area contributed by atoms with Gasteiger partial charge in [0.15, 0.2) is 0 Å². The molecule has 2 unspecified atom stereocenters. The lowest BCUT2D eigenvalue weighted by Gasteiger charge is -2.30. The normalized spacial score (nSPS) is 24.0. The Morgan fingerprint density at radius 2 is 2.17 bits per heavy atom. The maximum atomic E-state index is 12.3. The Bertz CT molecular complexity index is 702. The molecule has 2 N–H and O–H groups in total. The topological polar surface area (TPSA) is 84.5 Å². The van der Waals surface area contributed by atoms with Crippen molar-refractivity contribution in [2.24, 2.45) is 0 Å². The number of ether oxygens (including phenoxy) is 1. The molecule has 1 aromatic carbocycles. The van der Waals surface area contributed by atoms with Crippen molar-refractivity contribution in [2.75, 3.05) is 12.4 Å². The van der Waals surface area contributed by atoms with E-state index < -0.39 is 10.0 Å². The van der Waals surface area contributed by atoms with Gasteiger partial charge in [-0.15, -0.1) is 0 Å². The van der Waals surface area contributed by atoms with Crippen molar-refractivity contribution in [2.45, 2.75) is 44.7 Å². The van der Waals surface area contributed by atoms with E-state index in [0.717, 1.165) is 23.3 Å². The number of carbonyl (C=O) groups excluding carboxylic acids is 1. The van der Waals surface area contributed by atoms with Crippen LogP contribution in [0.5, 0.6) is 5.75 Å². The van der Waals surface area contributed by atoms with Crippen LogP contribution in [0.3, 0.4) is 0 Å². The highest BCUT2D eigenvalue weighted by Gasteiger charge is 2.28. The molecule has 1 fully saturated rings. The van der Waals surface area contributed by atoms with Crippen molar-refractivity contribution in [1.29, 1.82) is 0 Å². The highest BCUT2D eigenvalue weighted by Crippen LogP contribution is 2.26. The lowest BCUT2D eigenvalue weighted by molar-refractivity contribution is -0.123. The lowest BCUT2D eigenvalue weighted by Crippen LogP contribution is -2.54. The molecule has 2 atom stereocenters. The average Bonchev–Trinajstić information content (AvgIpc) is 2.96. The first-order valence-electron chi connectivity index (χ1n) is 7.97. The van der Waals surface area contributed by atoms with Crippen molar-refractivity contribution >= 4 is 15.9 Å². The monoisotopic (exact) mass is 338 g/mol. The Labute approximate surface area is 136 Å². The number of nitrogens with one attached hydrogen (secondary N) is 2. The smallest absolute Gasteiger partial charge is 0.220 e. The number of benzene rings is 1. The molecule has 2 aliphatic heterocycles. The molecule has 0 radical (unpaired) electrons. The molecular weight excluding hydrogens is 316 g/mol. The van der Waals surface area contributed by atoms with Gasteiger partial charge >= 0.3 is 0 Å². The number of aryl methyl sites for hydroxylation is 1. The molecule has 1 aromatic rings. The van der Waals surface area contributed by atoms with Gasteiger partial charge in [-0.2, -0.15) is 0 Å². The predicted octanol–water partition coefficient (Wildman–Crippen LogP) is 0.750. The zero-order chi connectivity index (χ0) is 16.4. The van der Waals surface area contributed by atoms with Gasteiger partial charge in [0.2, 0.25) is 15.9 Å². The summed E-state index contributed by atoms with van der Waals surface area (Å²) in [5.74, 6) is 0.930. The van der Waals surface area contributed by atoms with Crippen molar-refractivity contribution in [3.63, 3.8) is 0 Å². The van der Waals surface area contributed by atoms with Crippen LogP contribution in [0.15, 0.2) is 18.2 Å². The molecule has 0 bridgehead atoms. The summed E-state index contributed by atoms with van der Waals surface area (Å²) in [5, 5.41) is 2.77. The Kier molecular flexibility index (Phi) is 4.59. The van der Waals surface area contributed by atoms with Crippen LogP contribution in [-0.2, 0) is 27.7 Å². The summed E-state index contributed by atoms with van der Waals surface area (Å²) in [6.07, 6.45) is 2.26. The number of amides is 1. The molecule has 3 rings (SSSR count). The molecular formula is C16H22N2O4S. The van der Waals surface area contributed by atoms with Gasteiger partial charge in [-0.1, -0.05) is 12.1 Å². The molecule has 0 aliphatic carbocycles. The predicted molar refractivity (Wildman–Crippen MR) is 86.9 cm³/mol. The number of sulfonamides is 1. The largest absolute Gasteiger partial charge is 0.493 e. The molecule has 2 heterocycles. The van der Waals surface area contributed by atoms with Gasteiger partial charge in [-0.25, -0.2) is 13.1 Å². The van der Waals surface area contributed by atoms with E-state index in [1.165, 1.54) is 0 Å². The van der Waals surface area contributed by atoms with Crippen molar-refractivity contribution < 1.29 is 17.9 Å². The number of carbonyl (C=O) groups is 1. The van der Waals surface area contributed by atoms with Crippen LogP contribution in [0, 0.1) is 0 Å². The van der Waals surface area contributed by atoms with E-state index in [9.17, 15) is 13.2 Å². The third-order valence-electron chi connectivity index (χ3n) is 4.42. The van der Waals surface area contributed by atoms with E-state index in [4.69, 9.17) is 4.74 Å². The first kappa shape index (κ1) is 16.3. The first-order valence-corrected chi connectivity index (χ1v) is 9.62. The van der Waals surface area contributed by atoms with Gasteiger partial charge in [0.1, 0.15) is 5.75 Å². The maximum absolute atomic E-state index is 12.3. The molecule has 23 heavy (non-hydrogen) atoms. The second kappa shape index (κ2) is 6.49. The van der Waals surface area contributed by atoms with Crippen LogP contribution in [0.25, 0.3) is 0 Å². The number of piperidine rings is 1. The summed E-state index contributed by atoms with van der Waals surface area (Å²) in [4.78, 5) is 11.3. The molecule has 6 nitrogen and oxygen atoms in total. The lowest BCUT2D eigenvalue weighted by atomic mass is 10.0. The molecule has 126 valence electrons. The highest BCUT2D eigenvalue weighted by atomic mass is 32.2. The van der Waals surface area contributed by atoms with E-state index in [0.29, 0.717) is 25.9 Å². The minimum absolute atomic E-state index is 0.0201. The summed E-state index contributed by atoms with van der Waals surface area (Å²) in [6, 6.07) is 5.45.